The average molecular weight is 296 g/mol. The van der Waals surface area contributed by atoms with E-state index in [1.165, 1.54) is 5.56 Å². The molecule has 0 aliphatic carbocycles. The minimum Gasteiger partial charge on any atom is -0.487 e. The Hall–Kier alpha value is -0.800. The van der Waals surface area contributed by atoms with E-state index in [1.54, 1.807) is 0 Å². The smallest absolute Gasteiger partial charge is 0.124 e. The summed E-state index contributed by atoms with van der Waals surface area (Å²) >= 11 is 3.38. The minimum atomic E-state index is -0.125. The van der Waals surface area contributed by atoms with Crippen LogP contribution in [-0.2, 0) is 0 Å². The maximum atomic E-state index is 5.98. The molecule has 1 atom stereocenters. The van der Waals surface area contributed by atoms with Crippen molar-refractivity contribution in [1.29, 1.82) is 0 Å². The van der Waals surface area contributed by atoms with Gasteiger partial charge in [-0.2, -0.15) is 0 Å². The Balaban J connectivity index is 2.23. The number of rotatable bonds is 3. The lowest BCUT2D eigenvalue weighted by molar-refractivity contribution is 0.0667. The molecular formula is C14H18BrNO. The summed E-state index contributed by atoms with van der Waals surface area (Å²) in [7, 11) is 0. The Morgan fingerprint density at radius 2 is 2.24 bits per heavy atom. The van der Waals surface area contributed by atoms with Crippen molar-refractivity contribution in [3.63, 3.8) is 0 Å². The molecule has 0 spiro atoms. The summed E-state index contributed by atoms with van der Waals surface area (Å²) in [5, 5.41) is 3.51. The Morgan fingerprint density at radius 1 is 1.53 bits per heavy atom. The fraction of sp³-hybridized carbons (Fsp3) is 0.429. The summed E-state index contributed by atoms with van der Waals surface area (Å²) < 4.78 is 6.95. The molecule has 1 aromatic rings. The van der Waals surface area contributed by atoms with Crippen molar-refractivity contribution in [2.75, 3.05) is 6.54 Å². The maximum Gasteiger partial charge on any atom is 0.124 e. The molecule has 2 rings (SSSR count). The van der Waals surface area contributed by atoms with Crippen molar-refractivity contribution in [2.45, 2.75) is 31.9 Å². The zero-order valence-electron chi connectivity index (χ0n) is 10.3. The molecule has 92 valence electrons. The highest BCUT2D eigenvalue weighted by atomic mass is 79.9. The van der Waals surface area contributed by atoms with Gasteiger partial charge < -0.3 is 10.1 Å². The predicted octanol–water partition coefficient (Wildman–Crippen LogP) is 3.79. The highest BCUT2D eigenvalue weighted by Crippen LogP contribution is 2.39. The summed E-state index contributed by atoms with van der Waals surface area (Å²) in [5.41, 5.74) is 1.11. The summed E-state index contributed by atoms with van der Waals surface area (Å²) in [6.07, 6.45) is 0.963. The van der Waals surface area contributed by atoms with Gasteiger partial charge in [0, 0.05) is 29.1 Å². The van der Waals surface area contributed by atoms with E-state index < -0.39 is 0 Å². The highest BCUT2D eigenvalue weighted by molar-refractivity contribution is 9.11. The Kier molecular flexibility index (Phi) is 3.59. The van der Waals surface area contributed by atoms with Gasteiger partial charge in [0.05, 0.1) is 0 Å². The van der Waals surface area contributed by atoms with Gasteiger partial charge in [-0.3, -0.25) is 0 Å². The monoisotopic (exact) mass is 295 g/mol. The molecule has 3 heteroatoms. The van der Waals surface area contributed by atoms with Crippen LogP contribution in [0.2, 0.25) is 0 Å². The first-order valence-electron chi connectivity index (χ1n) is 5.82. The molecule has 0 fully saturated rings. The van der Waals surface area contributed by atoms with Gasteiger partial charge in [0.15, 0.2) is 0 Å². The fourth-order valence-electron chi connectivity index (χ4n) is 2.22. The van der Waals surface area contributed by atoms with E-state index in [1.807, 2.05) is 12.1 Å². The van der Waals surface area contributed by atoms with Gasteiger partial charge in [0.25, 0.3) is 0 Å². The van der Waals surface area contributed by atoms with Crippen LogP contribution < -0.4 is 10.1 Å². The van der Waals surface area contributed by atoms with Gasteiger partial charge in [-0.05, 0) is 19.9 Å². The fourth-order valence-corrected chi connectivity index (χ4v) is 2.38. The van der Waals surface area contributed by atoms with Crippen molar-refractivity contribution in [1.82, 2.24) is 5.32 Å². The van der Waals surface area contributed by atoms with E-state index >= 15 is 0 Å². The second-order valence-corrected chi connectivity index (χ2v) is 6.18. The second kappa shape index (κ2) is 4.83. The molecule has 1 aliphatic heterocycles. The first kappa shape index (κ1) is 12.7. The molecule has 0 aromatic heterocycles. The topological polar surface area (TPSA) is 21.3 Å². The van der Waals surface area contributed by atoms with Crippen LogP contribution in [-0.4, -0.2) is 12.1 Å². The molecule has 2 nitrogen and oxygen atoms in total. The third-order valence-corrected chi connectivity index (χ3v) is 3.20. The van der Waals surface area contributed by atoms with Gasteiger partial charge in [0.2, 0.25) is 0 Å². The molecule has 0 amide bonds. The minimum absolute atomic E-state index is 0.125. The Morgan fingerprint density at radius 3 is 2.94 bits per heavy atom. The summed E-state index contributed by atoms with van der Waals surface area (Å²) in [5.74, 6) is 0.987. The molecule has 0 saturated carbocycles. The second-order valence-electron chi connectivity index (χ2n) is 5.05. The normalized spacial score (nSPS) is 21.5. The molecule has 0 saturated heterocycles. The summed E-state index contributed by atoms with van der Waals surface area (Å²) in [4.78, 5) is 0. The zero-order valence-corrected chi connectivity index (χ0v) is 11.9. The first-order valence-corrected chi connectivity index (χ1v) is 6.62. The predicted molar refractivity (Wildman–Crippen MR) is 74.6 cm³/mol. The van der Waals surface area contributed by atoms with Crippen molar-refractivity contribution >= 4 is 15.9 Å². The lowest BCUT2D eigenvalue weighted by Gasteiger charge is -2.38. The molecule has 1 unspecified atom stereocenters. The number of benzene rings is 1. The Labute approximate surface area is 111 Å². The maximum absolute atomic E-state index is 5.98. The largest absolute Gasteiger partial charge is 0.487 e. The van der Waals surface area contributed by atoms with Crippen LogP contribution in [0, 0.1) is 0 Å². The third-order valence-electron chi connectivity index (χ3n) is 2.92. The van der Waals surface area contributed by atoms with Crippen molar-refractivity contribution < 1.29 is 4.74 Å². The van der Waals surface area contributed by atoms with Gasteiger partial charge in [-0.15, -0.1) is 0 Å². The number of nitrogens with one attached hydrogen (secondary N) is 1. The van der Waals surface area contributed by atoms with E-state index in [0.29, 0.717) is 6.04 Å². The number of para-hydroxylation sites is 1. The summed E-state index contributed by atoms with van der Waals surface area (Å²) in [6.45, 7) is 8.88. The van der Waals surface area contributed by atoms with Crippen LogP contribution in [0.4, 0.5) is 0 Å². The number of halogens is 1. The number of hydrogen-bond acceptors (Lipinski definition) is 2. The van der Waals surface area contributed by atoms with Gasteiger partial charge >= 0.3 is 0 Å². The van der Waals surface area contributed by atoms with Crippen LogP contribution in [0.1, 0.15) is 31.9 Å². The summed E-state index contributed by atoms with van der Waals surface area (Å²) in [6, 6.07) is 8.55. The molecule has 1 heterocycles. The average Bonchev–Trinajstić information content (AvgIpc) is 2.24. The molecule has 1 aromatic carbocycles. The van der Waals surface area contributed by atoms with Gasteiger partial charge in [0.1, 0.15) is 11.4 Å². The van der Waals surface area contributed by atoms with E-state index in [0.717, 1.165) is 23.2 Å². The Bertz CT molecular complexity index is 428. The van der Waals surface area contributed by atoms with Crippen molar-refractivity contribution in [3.8, 4) is 5.75 Å². The number of ether oxygens (including phenoxy) is 1. The van der Waals surface area contributed by atoms with Crippen LogP contribution >= 0.6 is 15.9 Å². The van der Waals surface area contributed by atoms with E-state index in [-0.39, 0.29) is 5.60 Å². The van der Waals surface area contributed by atoms with E-state index in [2.05, 4.69) is 53.8 Å². The molecule has 17 heavy (non-hydrogen) atoms. The quantitative estimate of drug-likeness (QED) is 0.916. The molecule has 1 aliphatic rings. The van der Waals surface area contributed by atoms with Crippen LogP contribution in [0.25, 0.3) is 0 Å². The van der Waals surface area contributed by atoms with E-state index in [4.69, 9.17) is 4.74 Å². The highest BCUT2D eigenvalue weighted by Gasteiger charge is 2.32. The molecule has 0 bridgehead atoms. The lowest BCUT2D eigenvalue weighted by atomic mass is 9.90. The zero-order chi connectivity index (χ0) is 12.5. The van der Waals surface area contributed by atoms with Crippen molar-refractivity contribution in [2.24, 2.45) is 0 Å². The number of hydrogen-bond donors (Lipinski definition) is 1. The number of fused-ring (bicyclic) bond motifs is 1. The molecule has 0 radical (unpaired) electrons. The lowest BCUT2D eigenvalue weighted by Crippen LogP contribution is -2.39. The van der Waals surface area contributed by atoms with Crippen LogP contribution in [0.15, 0.2) is 35.3 Å². The van der Waals surface area contributed by atoms with E-state index in [9.17, 15) is 0 Å². The van der Waals surface area contributed by atoms with Crippen LogP contribution in [0.3, 0.4) is 0 Å². The molecule has 1 N–H and O–H groups in total. The third kappa shape index (κ3) is 3.11. The van der Waals surface area contributed by atoms with Crippen molar-refractivity contribution in [3.05, 3.63) is 40.9 Å². The standard InChI is InChI=1S/C14H18BrNO/c1-10(15)9-16-12-8-14(2,3)17-13-7-5-4-6-11(12)13/h4-7,12,16H,1,8-9H2,2-3H3. The SMILES string of the molecule is C=C(Br)CNC1CC(C)(C)Oc2ccccc21. The first-order chi connectivity index (χ1) is 7.98. The van der Waals surface area contributed by atoms with Gasteiger partial charge in [-0.25, -0.2) is 0 Å². The van der Waals surface area contributed by atoms with Gasteiger partial charge in [-0.1, -0.05) is 40.7 Å². The molecular weight excluding hydrogens is 278 g/mol. The van der Waals surface area contributed by atoms with Crippen LogP contribution in [0.5, 0.6) is 5.75 Å².